The lowest BCUT2D eigenvalue weighted by atomic mass is 9.64. The fourth-order valence-corrected chi connectivity index (χ4v) is 6.32. The SMILES string of the molecule is CN1C(=O)N(C)C(=O)C2(Cc3c(nc4ccccn4c3=O)N3CC[C@H](Cc4ccccc4)C[C@@H]32)C1=O. The van der Waals surface area contributed by atoms with E-state index in [1.165, 1.54) is 24.1 Å². The van der Waals surface area contributed by atoms with Crippen LogP contribution in [0.15, 0.2) is 59.5 Å². The summed E-state index contributed by atoms with van der Waals surface area (Å²) in [4.78, 5) is 62.9. The molecule has 0 unspecified atom stereocenters. The minimum absolute atomic E-state index is 0.0785. The third kappa shape index (κ3) is 3.04. The van der Waals surface area contributed by atoms with Gasteiger partial charge in [0.1, 0.15) is 11.5 Å². The molecular formula is C27H27N5O4. The van der Waals surface area contributed by atoms with E-state index in [0.717, 1.165) is 22.6 Å². The number of hydrogen-bond donors (Lipinski definition) is 0. The number of aromatic nitrogens is 2. The summed E-state index contributed by atoms with van der Waals surface area (Å²) < 4.78 is 1.45. The Labute approximate surface area is 207 Å². The first-order valence-electron chi connectivity index (χ1n) is 12.2. The fourth-order valence-electron chi connectivity index (χ4n) is 6.32. The molecule has 2 fully saturated rings. The average Bonchev–Trinajstić information content (AvgIpc) is 2.91. The van der Waals surface area contributed by atoms with Gasteiger partial charge in [-0.25, -0.2) is 9.78 Å². The molecule has 0 bridgehead atoms. The number of carbonyl (C=O) groups excluding carboxylic acids is 3. The third-order valence-corrected chi connectivity index (χ3v) is 8.13. The molecule has 6 rings (SSSR count). The van der Waals surface area contributed by atoms with Crippen LogP contribution in [0.4, 0.5) is 10.6 Å². The number of rotatable bonds is 2. The Morgan fingerprint density at radius 3 is 2.36 bits per heavy atom. The van der Waals surface area contributed by atoms with E-state index in [0.29, 0.717) is 30.0 Å². The summed E-state index contributed by atoms with van der Waals surface area (Å²) in [5.41, 5.74) is 0.211. The second-order valence-corrected chi connectivity index (χ2v) is 10.1. The number of carbonyl (C=O) groups is 3. The summed E-state index contributed by atoms with van der Waals surface area (Å²) in [6, 6.07) is 14.4. The van der Waals surface area contributed by atoms with Crippen LogP contribution in [0.3, 0.4) is 0 Å². The molecular weight excluding hydrogens is 458 g/mol. The van der Waals surface area contributed by atoms with Crippen LogP contribution in [0.25, 0.3) is 5.65 Å². The minimum Gasteiger partial charge on any atom is -0.352 e. The van der Waals surface area contributed by atoms with Crippen molar-refractivity contribution in [3.63, 3.8) is 0 Å². The van der Waals surface area contributed by atoms with Gasteiger partial charge >= 0.3 is 6.03 Å². The summed E-state index contributed by atoms with van der Waals surface area (Å²) in [5, 5.41) is 0. The lowest BCUT2D eigenvalue weighted by molar-refractivity contribution is -0.160. The molecule has 0 radical (unpaired) electrons. The van der Waals surface area contributed by atoms with Crippen LogP contribution in [-0.4, -0.2) is 63.7 Å². The Balaban J connectivity index is 1.52. The van der Waals surface area contributed by atoms with Crippen molar-refractivity contribution < 1.29 is 14.4 Å². The Bertz CT molecular complexity index is 1440. The lowest BCUT2D eigenvalue weighted by Gasteiger charge is -2.55. The molecule has 3 aromatic rings. The van der Waals surface area contributed by atoms with Gasteiger partial charge < -0.3 is 4.90 Å². The molecule has 3 aliphatic heterocycles. The van der Waals surface area contributed by atoms with E-state index in [4.69, 9.17) is 4.98 Å². The highest BCUT2D eigenvalue weighted by Crippen LogP contribution is 2.48. The van der Waals surface area contributed by atoms with Crippen LogP contribution in [0.1, 0.15) is 24.0 Å². The van der Waals surface area contributed by atoms with Gasteiger partial charge in [0, 0.05) is 33.3 Å². The number of barbiturate groups is 1. The normalized spacial score (nSPS) is 23.3. The molecule has 9 nitrogen and oxygen atoms in total. The number of pyridine rings is 1. The topological polar surface area (TPSA) is 95.3 Å². The predicted molar refractivity (Wildman–Crippen MR) is 133 cm³/mol. The zero-order chi connectivity index (χ0) is 25.2. The van der Waals surface area contributed by atoms with E-state index in [9.17, 15) is 19.2 Å². The van der Waals surface area contributed by atoms with Gasteiger partial charge in [0.25, 0.3) is 5.56 Å². The largest absolute Gasteiger partial charge is 0.352 e. The first kappa shape index (κ1) is 22.5. The van der Waals surface area contributed by atoms with E-state index < -0.39 is 29.3 Å². The van der Waals surface area contributed by atoms with Crippen molar-refractivity contribution in [3.8, 4) is 0 Å². The van der Waals surface area contributed by atoms with Gasteiger partial charge in [0.2, 0.25) is 11.8 Å². The molecule has 4 amide bonds. The van der Waals surface area contributed by atoms with Gasteiger partial charge in [-0.05, 0) is 42.9 Å². The van der Waals surface area contributed by atoms with Gasteiger partial charge in [-0.15, -0.1) is 0 Å². The van der Waals surface area contributed by atoms with Crippen molar-refractivity contribution in [1.82, 2.24) is 19.2 Å². The number of nitrogens with zero attached hydrogens (tertiary/aromatic N) is 5. The molecule has 5 heterocycles. The van der Waals surface area contributed by atoms with E-state index in [1.807, 2.05) is 29.2 Å². The molecule has 0 saturated carbocycles. The van der Waals surface area contributed by atoms with E-state index >= 15 is 0 Å². The van der Waals surface area contributed by atoms with Crippen LogP contribution in [0.5, 0.6) is 0 Å². The van der Waals surface area contributed by atoms with Crippen LogP contribution >= 0.6 is 0 Å². The van der Waals surface area contributed by atoms with Crippen molar-refractivity contribution in [3.05, 3.63) is 76.2 Å². The fraction of sp³-hybridized carbons (Fsp3) is 0.370. The molecule has 1 aromatic carbocycles. The van der Waals surface area contributed by atoms with Gasteiger partial charge in [-0.3, -0.25) is 28.6 Å². The van der Waals surface area contributed by atoms with Crippen LogP contribution in [-0.2, 0) is 22.4 Å². The van der Waals surface area contributed by atoms with Crippen molar-refractivity contribution in [2.75, 3.05) is 25.5 Å². The molecule has 36 heavy (non-hydrogen) atoms. The lowest BCUT2D eigenvalue weighted by Crippen LogP contribution is -2.73. The summed E-state index contributed by atoms with van der Waals surface area (Å²) in [6.07, 6.45) is 3.81. The standard InChI is InChI=1S/C27H27N5O4/c1-29-24(34)27(25(35)30(2)26(29)36)16-19-22(28-21-10-6-7-12-32(21)23(19)33)31-13-11-18(15-20(27)31)14-17-8-4-3-5-9-17/h3-10,12,18,20H,11,13-16H2,1-2H3/t18-,20-/m1/s1. The molecule has 0 aliphatic carbocycles. The minimum atomic E-state index is -1.57. The maximum atomic E-state index is 13.9. The quantitative estimate of drug-likeness (QED) is 0.516. The Morgan fingerprint density at radius 1 is 0.944 bits per heavy atom. The summed E-state index contributed by atoms with van der Waals surface area (Å²) >= 11 is 0. The monoisotopic (exact) mass is 485 g/mol. The summed E-state index contributed by atoms with van der Waals surface area (Å²) in [6.45, 7) is 0.564. The number of imide groups is 2. The molecule has 2 aromatic heterocycles. The van der Waals surface area contributed by atoms with Gasteiger partial charge in [-0.1, -0.05) is 36.4 Å². The Hall–Kier alpha value is -4.01. The number of urea groups is 1. The third-order valence-electron chi connectivity index (χ3n) is 8.13. The molecule has 1 spiro atoms. The average molecular weight is 486 g/mol. The summed E-state index contributed by atoms with van der Waals surface area (Å²) in [5.74, 6) is -0.311. The maximum Gasteiger partial charge on any atom is 0.332 e. The highest BCUT2D eigenvalue weighted by Gasteiger charge is 2.64. The molecule has 184 valence electrons. The molecule has 9 heteroatoms. The smallest absolute Gasteiger partial charge is 0.332 e. The number of anilines is 1. The molecule has 2 saturated heterocycles. The van der Waals surface area contributed by atoms with E-state index in [1.54, 1.807) is 18.3 Å². The number of amides is 4. The van der Waals surface area contributed by atoms with E-state index in [-0.39, 0.29) is 17.9 Å². The van der Waals surface area contributed by atoms with Crippen molar-refractivity contribution in [2.24, 2.45) is 11.3 Å². The summed E-state index contributed by atoms with van der Waals surface area (Å²) in [7, 11) is 2.82. The Morgan fingerprint density at radius 2 is 1.64 bits per heavy atom. The van der Waals surface area contributed by atoms with Crippen LogP contribution in [0.2, 0.25) is 0 Å². The van der Waals surface area contributed by atoms with Crippen molar-refractivity contribution in [2.45, 2.75) is 31.7 Å². The zero-order valence-corrected chi connectivity index (χ0v) is 20.3. The Kier molecular flexibility index (Phi) is 5.00. The zero-order valence-electron chi connectivity index (χ0n) is 20.3. The highest BCUT2D eigenvalue weighted by molar-refractivity contribution is 6.20. The maximum absolute atomic E-state index is 13.9. The van der Waals surface area contributed by atoms with Gasteiger partial charge in [0.15, 0.2) is 5.41 Å². The van der Waals surface area contributed by atoms with Crippen LogP contribution in [0, 0.1) is 11.3 Å². The van der Waals surface area contributed by atoms with Gasteiger partial charge in [0.05, 0.1) is 11.6 Å². The number of piperidine rings is 1. The number of fused-ring (bicyclic) bond motifs is 5. The number of benzene rings is 1. The molecule has 2 atom stereocenters. The van der Waals surface area contributed by atoms with Crippen molar-refractivity contribution >= 4 is 29.3 Å². The highest BCUT2D eigenvalue weighted by atomic mass is 16.2. The second kappa shape index (κ2) is 8.01. The first-order valence-corrected chi connectivity index (χ1v) is 12.2. The predicted octanol–water partition coefficient (Wildman–Crippen LogP) is 2.12. The second-order valence-electron chi connectivity index (χ2n) is 10.1. The van der Waals surface area contributed by atoms with Crippen molar-refractivity contribution in [1.29, 1.82) is 0 Å². The van der Waals surface area contributed by atoms with Gasteiger partial charge in [-0.2, -0.15) is 0 Å². The van der Waals surface area contributed by atoms with Crippen LogP contribution < -0.4 is 10.5 Å². The number of hydrogen-bond acceptors (Lipinski definition) is 6. The van der Waals surface area contributed by atoms with E-state index in [2.05, 4.69) is 12.1 Å². The molecule has 0 N–H and O–H groups in total. The molecule has 3 aliphatic rings. The first-order chi connectivity index (χ1) is 17.3.